The molecule has 1 rings (SSSR count). The minimum Gasteiger partial charge on any atom is -0.495 e. The minimum atomic E-state index is 0. The summed E-state index contributed by atoms with van der Waals surface area (Å²) in [6.07, 6.45) is 0. The number of nitrogens with two attached hydrogens (primary N) is 1. The molecule has 0 heterocycles. The Hall–Kier alpha value is 0.404. The van der Waals surface area contributed by atoms with Gasteiger partial charge in [0, 0.05) is 21.7 Å². The molecule has 0 fully saturated rings. The third-order valence-electron chi connectivity index (χ3n) is 1.14. The van der Waals surface area contributed by atoms with Crippen molar-refractivity contribution in [3.05, 3.63) is 24.3 Å². The van der Waals surface area contributed by atoms with Crippen molar-refractivity contribution in [1.82, 2.24) is 0 Å². The van der Waals surface area contributed by atoms with Gasteiger partial charge in [-0.1, -0.05) is 12.1 Å². The molecule has 6 heteroatoms. The van der Waals surface area contributed by atoms with Crippen LogP contribution < -0.4 is 10.5 Å². The molecule has 0 atom stereocenters. The van der Waals surface area contributed by atoms with Crippen LogP contribution in [0.15, 0.2) is 24.3 Å². The molecule has 1 aromatic carbocycles. The van der Waals surface area contributed by atoms with Gasteiger partial charge in [-0.3, -0.25) is 0 Å². The summed E-state index contributed by atoms with van der Waals surface area (Å²) in [5.41, 5.74) is 6.19. The Bertz CT molecular complexity index is 213. The van der Waals surface area contributed by atoms with E-state index in [0.717, 1.165) is 5.75 Å². The van der Waals surface area contributed by atoms with Gasteiger partial charge in [-0.2, -0.15) is 0 Å². The molecule has 0 amide bonds. The number of benzene rings is 1. The fraction of sp³-hybridized carbons (Fsp3) is 0.143. The van der Waals surface area contributed by atoms with Crippen LogP contribution in [0.25, 0.3) is 0 Å². The van der Waals surface area contributed by atoms with Crippen molar-refractivity contribution in [2.45, 2.75) is 0 Å². The van der Waals surface area contributed by atoms with E-state index in [1.165, 1.54) is 0 Å². The average molecular weight is 280 g/mol. The van der Waals surface area contributed by atoms with Crippen LogP contribution in [0.1, 0.15) is 0 Å². The fourth-order valence-corrected chi connectivity index (χ4v) is 0.666. The minimum absolute atomic E-state index is 0. The quantitative estimate of drug-likeness (QED) is 0.634. The number of hydrogen-bond donors (Lipinski definition) is 1. The van der Waals surface area contributed by atoms with Gasteiger partial charge >= 0.3 is 0 Å². The average Bonchev–Trinajstić information content (AvgIpc) is 1.89. The number of para-hydroxylation sites is 2. The molecule has 1 aromatic rings. The number of anilines is 1. The summed E-state index contributed by atoms with van der Waals surface area (Å²) in [5.74, 6) is 0.734. The molecular weight excluding hydrogens is 268 g/mol. The Morgan fingerprint density at radius 1 is 1.08 bits per heavy atom. The van der Waals surface area contributed by atoms with Crippen LogP contribution in [0.3, 0.4) is 0 Å². The molecule has 0 saturated carbocycles. The summed E-state index contributed by atoms with van der Waals surface area (Å²) < 4.78 is 4.92. The number of halogens is 3. The van der Waals surface area contributed by atoms with E-state index < -0.39 is 0 Å². The predicted molar refractivity (Wildman–Crippen MR) is 59.2 cm³/mol. The van der Waals surface area contributed by atoms with Gasteiger partial charge in [0.05, 0.1) is 12.8 Å². The van der Waals surface area contributed by atoms with Crippen molar-refractivity contribution in [2.24, 2.45) is 0 Å². The Morgan fingerprint density at radius 3 is 1.85 bits per heavy atom. The first-order valence-corrected chi connectivity index (χ1v) is 2.73. The maximum absolute atomic E-state index is 5.51. The maximum atomic E-state index is 5.51. The number of ether oxygens (including phenoxy) is 1. The van der Waals surface area contributed by atoms with Crippen molar-refractivity contribution >= 4 is 42.9 Å². The molecule has 0 unspecified atom stereocenters. The van der Waals surface area contributed by atoms with E-state index in [-0.39, 0.29) is 58.9 Å². The van der Waals surface area contributed by atoms with Crippen LogP contribution in [0, 0.1) is 0 Å². The Labute approximate surface area is 112 Å². The predicted octanol–water partition coefficient (Wildman–Crippen LogP) is 2.54. The van der Waals surface area contributed by atoms with Gasteiger partial charge < -0.3 is 10.5 Å². The van der Waals surface area contributed by atoms with Gasteiger partial charge in [0.25, 0.3) is 0 Å². The van der Waals surface area contributed by atoms with Gasteiger partial charge in [-0.25, -0.2) is 0 Å². The molecule has 2 N–H and O–H groups in total. The second-order valence-electron chi connectivity index (χ2n) is 1.74. The van der Waals surface area contributed by atoms with Gasteiger partial charge in [-0.15, -0.1) is 37.2 Å². The molecule has 0 aromatic heterocycles. The molecule has 0 spiro atoms. The number of rotatable bonds is 1. The Kier molecular flexibility index (Phi) is 22.3. The summed E-state index contributed by atoms with van der Waals surface area (Å²) in [5, 5.41) is 0. The molecular formula is C7H12Cl3NOTi. The topological polar surface area (TPSA) is 35.2 Å². The normalized spacial score (nSPS) is 6.23. The van der Waals surface area contributed by atoms with Gasteiger partial charge in [0.15, 0.2) is 0 Å². The van der Waals surface area contributed by atoms with E-state index in [2.05, 4.69) is 0 Å². The second-order valence-corrected chi connectivity index (χ2v) is 1.74. The SMILES string of the molecule is COc1ccccc1N.Cl.Cl.Cl.[Ti]. The van der Waals surface area contributed by atoms with Crippen LogP contribution in [0.2, 0.25) is 0 Å². The second kappa shape index (κ2) is 12.4. The molecule has 0 bridgehead atoms. The van der Waals surface area contributed by atoms with E-state index in [9.17, 15) is 0 Å². The van der Waals surface area contributed by atoms with E-state index in [0.29, 0.717) is 5.69 Å². The molecule has 0 aliphatic heterocycles. The number of methoxy groups -OCH3 is 1. The molecule has 0 saturated heterocycles. The third kappa shape index (κ3) is 7.47. The van der Waals surface area contributed by atoms with Gasteiger partial charge in [-0.05, 0) is 12.1 Å². The molecule has 0 aliphatic carbocycles. The summed E-state index contributed by atoms with van der Waals surface area (Å²) in [6, 6.07) is 7.39. The number of nitrogen functional groups attached to an aromatic ring is 1. The van der Waals surface area contributed by atoms with Crippen LogP contribution in [0.4, 0.5) is 5.69 Å². The Morgan fingerprint density at radius 2 is 1.54 bits per heavy atom. The van der Waals surface area contributed by atoms with Crippen molar-refractivity contribution in [3.63, 3.8) is 0 Å². The number of hydrogen-bond acceptors (Lipinski definition) is 2. The van der Waals surface area contributed by atoms with Crippen molar-refractivity contribution in [2.75, 3.05) is 12.8 Å². The molecule has 13 heavy (non-hydrogen) atoms. The van der Waals surface area contributed by atoms with Crippen LogP contribution in [0.5, 0.6) is 5.75 Å². The van der Waals surface area contributed by atoms with Crippen molar-refractivity contribution in [3.8, 4) is 5.75 Å². The van der Waals surface area contributed by atoms with E-state index in [4.69, 9.17) is 10.5 Å². The zero-order valence-corrected chi connectivity index (χ0v) is 11.0. The van der Waals surface area contributed by atoms with Crippen LogP contribution in [-0.4, -0.2) is 7.11 Å². The van der Waals surface area contributed by atoms with E-state index >= 15 is 0 Å². The van der Waals surface area contributed by atoms with Crippen molar-refractivity contribution in [1.29, 1.82) is 0 Å². The van der Waals surface area contributed by atoms with Gasteiger partial charge in [0.2, 0.25) is 0 Å². The standard InChI is InChI=1S/C7H9NO.3ClH.Ti/c1-9-7-5-3-2-4-6(7)8;;;;/h2-5H,8H2,1H3;3*1H;. The molecule has 0 aliphatic rings. The summed E-state index contributed by atoms with van der Waals surface area (Å²) in [4.78, 5) is 0. The summed E-state index contributed by atoms with van der Waals surface area (Å²) in [6.45, 7) is 0. The Balaban J connectivity index is -0.000000101. The fourth-order valence-electron chi connectivity index (χ4n) is 0.666. The van der Waals surface area contributed by atoms with Crippen LogP contribution in [-0.2, 0) is 21.7 Å². The van der Waals surface area contributed by atoms with Crippen molar-refractivity contribution < 1.29 is 26.5 Å². The zero-order chi connectivity index (χ0) is 6.69. The molecule has 76 valence electrons. The maximum Gasteiger partial charge on any atom is 0.141 e. The van der Waals surface area contributed by atoms with Crippen LogP contribution >= 0.6 is 37.2 Å². The largest absolute Gasteiger partial charge is 0.495 e. The molecule has 0 radical (unpaired) electrons. The smallest absolute Gasteiger partial charge is 0.141 e. The third-order valence-corrected chi connectivity index (χ3v) is 1.14. The first-order chi connectivity index (χ1) is 4.34. The summed E-state index contributed by atoms with van der Waals surface area (Å²) in [7, 11) is 1.60. The first kappa shape index (κ1) is 23.3. The monoisotopic (exact) mass is 279 g/mol. The van der Waals surface area contributed by atoms with E-state index in [1.807, 2.05) is 18.2 Å². The summed E-state index contributed by atoms with van der Waals surface area (Å²) >= 11 is 0. The molecule has 2 nitrogen and oxygen atoms in total. The first-order valence-electron chi connectivity index (χ1n) is 2.73. The van der Waals surface area contributed by atoms with Gasteiger partial charge in [0.1, 0.15) is 5.75 Å². The zero-order valence-electron chi connectivity index (χ0n) is 7.02. The van der Waals surface area contributed by atoms with E-state index in [1.54, 1.807) is 13.2 Å².